The molecule has 2 aliphatic rings. The van der Waals surface area contributed by atoms with Gasteiger partial charge >= 0.3 is 0 Å². The Morgan fingerprint density at radius 1 is 1.07 bits per heavy atom. The Morgan fingerprint density at radius 2 is 1.79 bits per heavy atom. The van der Waals surface area contributed by atoms with Crippen LogP contribution in [0.25, 0.3) is 0 Å². The summed E-state index contributed by atoms with van der Waals surface area (Å²) in [6.45, 7) is 6.60. The Kier molecular flexibility index (Phi) is 8.77. The van der Waals surface area contributed by atoms with Gasteiger partial charge < -0.3 is 15.5 Å². The highest BCUT2D eigenvalue weighted by Gasteiger charge is 2.41. The number of para-hydroxylation sites is 1. The lowest BCUT2D eigenvalue weighted by Gasteiger charge is -2.34. The molecule has 1 aliphatic heterocycles. The van der Waals surface area contributed by atoms with Crippen molar-refractivity contribution in [1.82, 2.24) is 10.6 Å². The van der Waals surface area contributed by atoms with Crippen molar-refractivity contribution >= 4 is 29.9 Å². The molecule has 1 aromatic carbocycles. The number of rotatable bonds is 7. The summed E-state index contributed by atoms with van der Waals surface area (Å²) in [6, 6.07) is 8.33. The number of carbonyl (C=O) groups is 2. The molecule has 3 atom stereocenters. The maximum absolute atomic E-state index is 13.4. The average molecular weight is 408 g/mol. The number of fused-ring (bicyclic) bond motifs is 1. The second-order valence-electron chi connectivity index (χ2n) is 7.93. The van der Waals surface area contributed by atoms with Gasteiger partial charge in [0.15, 0.2) is 0 Å². The number of carbonyl (C=O) groups excluding carboxylic acids is 2. The van der Waals surface area contributed by atoms with Crippen molar-refractivity contribution in [3.05, 3.63) is 29.8 Å². The first-order valence-electron chi connectivity index (χ1n) is 10.5. The molecule has 5 nitrogen and oxygen atoms in total. The van der Waals surface area contributed by atoms with Crippen LogP contribution in [0.5, 0.6) is 0 Å². The van der Waals surface area contributed by atoms with E-state index in [0.717, 1.165) is 57.3 Å². The van der Waals surface area contributed by atoms with Crippen LogP contribution in [0.4, 0.5) is 5.69 Å². The van der Waals surface area contributed by atoms with Crippen LogP contribution >= 0.6 is 12.4 Å². The van der Waals surface area contributed by atoms with Crippen molar-refractivity contribution in [2.75, 3.05) is 24.5 Å². The number of hydrogen-bond donors (Lipinski definition) is 2. The third-order valence-electron chi connectivity index (χ3n) is 5.89. The molecule has 1 fully saturated rings. The zero-order valence-electron chi connectivity index (χ0n) is 17.1. The molecular formula is C22H34ClN3O2. The molecule has 2 amide bonds. The summed E-state index contributed by atoms with van der Waals surface area (Å²) in [5.74, 6) is -0.212. The van der Waals surface area contributed by atoms with Gasteiger partial charge in [0.2, 0.25) is 11.8 Å². The van der Waals surface area contributed by atoms with E-state index in [0.29, 0.717) is 6.54 Å². The summed E-state index contributed by atoms with van der Waals surface area (Å²) in [5.41, 5.74) is 2.26. The van der Waals surface area contributed by atoms with Crippen LogP contribution in [0.1, 0.15) is 51.5 Å². The van der Waals surface area contributed by atoms with Gasteiger partial charge in [-0.3, -0.25) is 9.59 Å². The van der Waals surface area contributed by atoms with Crippen molar-refractivity contribution in [3.63, 3.8) is 0 Å². The van der Waals surface area contributed by atoms with Gasteiger partial charge in [0.1, 0.15) is 0 Å². The van der Waals surface area contributed by atoms with Crippen LogP contribution in [0, 0.1) is 11.8 Å². The normalized spacial score (nSPS) is 23.6. The molecular weight excluding hydrogens is 374 g/mol. The van der Waals surface area contributed by atoms with Crippen LogP contribution in [0.2, 0.25) is 0 Å². The minimum Gasteiger partial charge on any atom is -0.355 e. The first-order valence-corrected chi connectivity index (χ1v) is 10.5. The van der Waals surface area contributed by atoms with Crippen LogP contribution in [-0.4, -0.2) is 37.5 Å². The number of anilines is 1. The molecule has 1 heterocycles. The minimum absolute atomic E-state index is 0. The standard InChI is InChI=1S/C22H33N3O2.ClH/c1-3-12-23-13-14-24-21(26)18-9-5-6-10-19(18)22(27)25-16(2)15-17-8-4-7-11-20(17)25;/h4,7-8,11,16,18-19,23H,3,5-6,9-10,12-15H2,1-2H3,(H,24,26);1H. The monoisotopic (exact) mass is 407 g/mol. The molecule has 0 spiro atoms. The SMILES string of the molecule is CCCNCCNC(=O)C1CCCCC1C(=O)N1c2ccccc2CC1C.Cl. The number of hydrogen-bond acceptors (Lipinski definition) is 3. The van der Waals surface area contributed by atoms with Crippen molar-refractivity contribution in [2.24, 2.45) is 11.8 Å². The highest BCUT2D eigenvalue weighted by molar-refractivity contribution is 6.00. The number of benzene rings is 1. The maximum Gasteiger partial charge on any atom is 0.231 e. The Labute approximate surface area is 175 Å². The largest absolute Gasteiger partial charge is 0.355 e. The predicted octanol–water partition coefficient (Wildman–Crippen LogP) is 3.31. The molecule has 0 saturated heterocycles. The average Bonchev–Trinajstić information content (AvgIpc) is 3.02. The van der Waals surface area contributed by atoms with E-state index in [1.807, 2.05) is 23.1 Å². The quantitative estimate of drug-likeness (QED) is 0.681. The summed E-state index contributed by atoms with van der Waals surface area (Å²) >= 11 is 0. The molecule has 2 N–H and O–H groups in total. The second kappa shape index (κ2) is 10.8. The number of nitrogens with one attached hydrogen (secondary N) is 2. The smallest absolute Gasteiger partial charge is 0.231 e. The van der Waals surface area contributed by atoms with E-state index in [9.17, 15) is 9.59 Å². The van der Waals surface area contributed by atoms with Gasteiger partial charge in [-0.15, -0.1) is 12.4 Å². The third kappa shape index (κ3) is 5.06. The summed E-state index contributed by atoms with van der Waals surface area (Å²) < 4.78 is 0. The topological polar surface area (TPSA) is 61.4 Å². The third-order valence-corrected chi connectivity index (χ3v) is 5.89. The lowest BCUT2D eigenvalue weighted by atomic mass is 9.77. The molecule has 0 aromatic heterocycles. The summed E-state index contributed by atoms with van der Waals surface area (Å²) in [7, 11) is 0. The lowest BCUT2D eigenvalue weighted by molar-refractivity contribution is -0.135. The van der Waals surface area contributed by atoms with E-state index in [1.165, 1.54) is 5.56 Å². The molecule has 1 aromatic rings. The van der Waals surface area contributed by atoms with E-state index >= 15 is 0 Å². The molecule has 28 heavy (non-hydrogen) atoms. The first-order chi connectivity index (χ1) is 13.1. The number of halogens is 1. The zero-order valence-corrected chi connectivity index (χ0v) is 17.9. The van der Waals surface area contributed by atoms with Crippen molar-refractivity contribution < 1.29 is 9.59 Å². The fraction of sp³-hybridized carbons (Fsp3) is 0.636. The van der Waals surface area contributed by atoms with Crippen LogP contribution in [0.3, 0.4) is 0 Å². The lowest BCUT2D eigenvalue weighted by Crippen LogP contribution is -2.48. The highest BCUT2D eigenvalue weighted by Crippen LogP contribution is 2.38. The summed E-state index contributed by atoms with van der Waals surface area (Å²) in [4.78, 5) is 28.2. The number of amides is 2. The van der Waals surface area contributed by atoms with E-state index < -0.39 is 0 Å². The molecule has 156 valence electrons. The van der Waals surface area contributed by atoms with Gasteiger partial charge in [-0.25, -0.2) is 0 Å². The molecule has 1 saturated carbocycles. The van der Waals surface area contributed by atoms with Gasteiger partial charge in [-0.2, -0.15) is 0 Å². The van der Waals surface area contributed by atoms with E-state index in [-0.39, 0.29) is 42.1 Å². The molecule has 1 aliphatic carbocycles. The van der Waals surface area contributed by atoms with E-state index in [2.05, 4.69) is 30.5 Å². The van der Waals surface area contributed by atoms with Crippen molar-refractivity contribution in [3.8, 4) is 0 Å². The Bertz CT molecular complexity index is 667. The Balaban J connectivity index is 0.00000280. The van der Waals surface area contributed by atoms with Gasteiger partial charge in [-0.05, 0) is 50.8 Å². The fourth-order valence-electron chi connectivity index (χ4n) is 4.53. The van der Waals surface area contributed by atoms with E-state index in [4.69, 9.17) is 0 Å². The molecule has 3 unspecified atom stereocenters. The summed E-state index contributed by atoms with van der Waals surface area (Å²) in [5, 5.41) is 6.34. The molecule has 6 heteroatoms. The molecule has 0 radical (unpaired) electrons. The van der Waals surface area contributed by atoms with Gasteiger partial charge in [0.05, 0.1) is 5.92 Å². The Morgan fingerprint density at radius 3 is 2.54 bits per heavy atom. The van der Waals surface area contributed by atoms with Gasteiger partial charge in [0.25, 0.3) is 0 Å². The highest BCUT2D eigenvalue weighted by atomic mass is 35.5. The Hall–Kier alpha value is -1.59. The predicted molar refractivity (Wildman–Crippen MR) is 116 cm³/mol. The maximum atomic E-state index is 13.4. The van der Waals surface area contributed by atoms with Gasteiger partial charge in [-0.1, -0.05) is 38.0 Å². The number of nitrogens with zero attached hydrogens (tertiary/aromatic N) is 1. The summed E-state index contributed by atoms with van der Waals surface area (Å²) in [6.07, 6.45) is 5.67. The van der Waals surface area contributed by atoms with Crippen LogP contribution in [-0.2, 0) is 16.0 Å². The molecule has 3 rings (SSSR count). The van der Waals surface area contributed by atoms with Crippen molar-refractivity contribution in [1.29, 1.82) is 0 Å². The van der Waals surface area contributed by atoms with Gasteiger partial charge in [0, 0.05) is 30.7 Å². The molecule has 0 bridgehead atoms. The fourth-order valence-corrected chi connectivity index (χ4v) is 4.53. The first kappa shape index (κ1) is 22.7. The second-order valence-corrected chi connectivity index (χ2v) is 7.93. The van der Waals surface area contributed by atoms with E-state index in [1.54, 1.807) is 0 Å². The zero-order chi connectivity index (χ0) is 19.2. The van der Waals surface area contributed by atoms with Crippen molar-refractivity contribution in [2.45, 2.75) is 58.4 Å². The van der Waals surface area contributed by atoms with Crippen LogP contribution < -0.4 is 15.5 Å². The van der Waals surface area contributed by atoms with Crippen LogP contribution in [0.15, 0.2) is 24.3 Å². The minimum atomic E-state index is -0.198.